The van der Waals surface area contributed by atoms with Gasteiger partial charge >= 0.3 is 0 Å². The number of hydrogen-bond acceptors (Lipinski definition) is 2. The Hall–Kier alpha value is -1.29. The third kappa shape index (κ3) is 2.93. The van der Waals surface area contributed by atoms with Crippen LogP contribution in [0.3, 0.4) is 0 Å². The van der Waals surface area contributed by atoms with Crippen molar-refractivity contribution in [3.63, 3.8) is 0 Å². The van der Waals surface area contributed by atoms with Crippen molar-refractivity contribution < 1.29 is 4.74 Å². The number of methoxy groups -OCH3 is 1. The highest BCUT2D eigenvalue weighted by molar-refractivity contribution is 7.80. The van der Waals surface area contributed by atoms with Crippen molar-refractivity contribution in [2.75, 3.05) is 12.4 Å². The van der Waals surface area contributed by atoms with Crippen LogP contribution in [0.25, 0.3) is 0 Å². The molecule has 4 heteroatoms. The molecule has 4 bridgehead atoms. The summed E-state index contributed by atoms with van der Waals surface area (Å²) >= 11 is 5.64. The van der Waals surface area contributed by atoms with Crippen LogP contribution in [0.4, 0.5) is 5.69 Å². The maximum Gasteiger partial charge on any atom is 0.171 e. The van der Waals surface area contributed by atoms with Crippen molar-refractivity contribution in [2.24, 2.45) is 17.8 Å². The molecule has 23 heavy (non-hydrogen) atoms. The van der Waals surface area contributed by atoms with Gasteiger partial charge in [0.25, 0.3) is 0 Å². The number of nitrogens with one attached hydrogen (secondary N) is 2. The van der Waals surface area contributed by atoms with Gasteiger partial charge in [-0.1, -0.05) is 6.07 Å². The van der Waals surface area contributed by atoms with Crippen molar-refractivity contribution in [2.45, 2.75) is 51.0 Å². The van der Waals surface area contributed by atoms with E-state index in [0.29, 0.717) is 0 Å². The van der Waals surface area contributed by atoms with Gasteiger partial charge in [-0.25, -0.2) is 0 Å². The van der Waals surface area contributed by atoms with E-state index >= 15 is 0 Å². The molecule has 4 aliphatic rings. The molecule has 3 nitrogen and oxygen atoms in total. The zero-order valence-electron chi connectivity index (χ0n) is 14.0. The molecule has 0 heterocycles. The van der Waals surface area contributed by atoms with Crippen LogP contribution in [0, 0.1) is 24.7 Å². The molecule has 124 valence electrons. The summed E-state index contributed by atoms with van der Waals surface area (Å²) in [7, 11) is 1.70. The Morgan fingerprint density at radius 2 is 1.74 bits per heavy atom. The summed E-state index contributed by atoms with van der Waals surface area (Å²) in [6, 6.07) is 6.14. The van der Waals surface area contributed by atoms with Gasteiger partial charge in [-0.3, -0.25) is 0 Å². The Morgan fingerprint density at radius 1 is 1.13 bits per heavy atom. The summed E-state index contributed by atoms with van der Waals surface area (Å²) in [5.74, 6) is 3.60. The molecule has 4 aliphatic carbocycles. The molecule has 0 spiro atoms. The van der Waals surface area contributed by atoms with Crippen LogP contribution < -0.4 is 15.4 Å². The van der Waals surface area contributed by atoms with E-state index in [1.807, 2.05) is 6.07 Å². The summed E-state index contributed by atoms with van der Waals surface area (Å²) in [6.45, 7) is 2.08. The van der Waals surface area contributed by atoms with Crippen LogP contribution in [-0.2, 0) is 0 Å². The summed E-state index contributed by atoms with van der Waals surface area (Å²) in [4.78, 5) is 0. The highest BCUT2D eigenvalue weighted by atomic mass is 32.1. The fourth-order valence-corrected chi connectivity index (χ4v) is 5.90. The number of thiocarbonyl (C=S) groups is 1. The first kappa shape index (κ1) is 15.3. The minimum atomic E-state index is 0.246. The number of anilines is 1. The topological polar surface area (TPSA) is 33.3 Å². The molecule has 0 aliphatic heterocycles. The van der Waals surface area contributed by atoms with Crippen LogP contribution in [0.15, 0.2) is 18.2 Å². The van der Waals surface area contributed by atoms with E-state index in [1.54, 1.807) is 7.11 Å². The quantitative estimate of drug-likeness (QED) is 0.812. The van der Waals surface area contributed by atoms with Crippen molar-refractivity contribution >= 4 is 23.0 Å². The van der Waals surface area contributed by atoms with Gasteiger partial charge in [0.1, 0.15) is 5.75 Å². The van der Waals surface area contributed by atoms with E-state index in [1.165, 1.54) is 44.1 Å². The van der Waals surface area contributed by atoms with Crippen molar-refractivity contribution in [3.05, 3.63) is 23.8 Å². The van der Waals surface area contributed by atoms with Gasteiger partial charge in [0.15, 0.2) is 5.11 Å². The second-order valence-electron chi connectivity index (χ2n) is 7.98. The smallest absolute Gasteiger partial charge is 0.171 e. The monoisotopic (exact) mass is 330 g/mol. The van der Waals surface area contributed by atoms with E-state index in [2.05, 4.69) is 29.7 Å². The molecule has 0 atom stereocenters. The maximum atomic E-state index is 5.64. The predicted octanol–water partition coefficient (Wildman–Crippen LogP) is 4.26. The lowest BCUT2D eigenvalue weighted by molar-refractivity contribution is -0.00972. The summed E-state index contributed by atoms with van der Waals surface area (Å²) in [6.07, 6.45) is 8.25. The standard InChI is InChI=1S/C19H26N2OS/c1-12-3-4-17(22-2)16(5-12)20-18(23)21-19-9-13-6-14(10-19)8-15(7-13)11-19/h3-5,13-15H,6-11H2,1-2H3,(H2,20,21,23). The van der Waals surface area contributed by atoms with Crippen LogP contribution in [-0.4, -0.2) is 17.8 Å². The number of ether oxygens (including phenoxy) is 1. The van der Waals surface area contributed by atoms with Crippen LogP contribution >= 0.6 is 12.2 Å². The molecule has 1 aromatic rings. The molecular formula is C19H26N2OS. The zero-order valence-corrected chi connectivity index (χ0v) is 14.8. The highest BCUT2D eigenvalue weighted by Gasteiger charge is 2.51. The van der Waals surface area contributed by atoms with Crippen molar-refractivity contribution in [1.29, 1.82) is 0 Å². The minimum absolute atomic E-state index is 0.246. The Morgan fingerprint density at radius 3 is 2.30 bits per heavy atom. The lowest BCUT2D eigenvalue weighted by Crippen LogP contribution is -2.60. The first-order valence-electron chi connectivity index (χ1n) is 8.79. The summed E-state index contributed by atoms with van der Waals surface area (Å²) in [5.41, 5.74) is 2.40. The Balaban J connectivity index is 1.47. The molecule has 5 rings (SSSR count). The van der Waals surface area contributed by atoms with E-state index < -0.39 is 0 Å². The number of benzene rings is 1. The second kappa shape index (κ2) is 5.66. The number of hydrogen-bond donors (Lipinski definition) is 2. The largest absolute Gasteiger partial charge is 0.495 e. The normalized spacial score (nSPS) is 34.3. The molecule has 2 N–H and O–H groups in total. The summed E-state index contributed by atoms with van der Waals surface area (Å²) in [5, 5.41) is 7.83. The molecule has 0 unspecified atom stereocenters. The van der Waals surface area contributed by atoms with Crippen LogP contribution in [0.5, 0.6) is 5.75 Å². The van der Waals surface area contributed by atoms with Crippen LogP contribution in [0.1, 0.15) is 44.1 Å². The third-order valence-corrected chi connectivity index (χ3v) is 6.22. The molecule has 0 aromatic heterocycles. The Kier molecular flexibility index (Phi) is 3.75. The van der Waals surface area contributed by atoms with Gasteiger partial charge < -0.3 is 15.4 Å². The lowest BCUT2D eigenvalue weighted by Gasteiger charge is -2.57. The molecular weight excluding hydrogens is 304 g/mol. The SMILES string of the molecule is COc1ccc(C)cc1NC(=S)NC12CC3CC(CC(C3)C1)C2. The predicted molar refractivity (Wildman–Crippen MR) is 98.0 cm³/mol. The molecule has 4 saturated carbocycles. The van der Waals surface area contributed by atoms with E-state index in [-0.39, 0.29) is 5.54 Å². The van der Waals surface area contributed by atoms with Crippen molar-refractivity contribution in [3.8, 4) is 5.75 Å². The first-order valence-corrected chi connectivity index (χ1v) is 9.20. The van der Waals surface area contributed by atoms with Gasteiger partial charge in [-0.05, 0) is 93.1 Å². The van der Waals surface area contributed by atoms with Gasteiger partial charge in [0.05, 0.1) is 12.8 Å². The number of aryl methyl sites for hydroxylation is 1. The van der Waals surface area contributed by atoms with Crippen molar-refractivity contribution in [1.82, 2.24) is 5.32 Å². The molecule has 0 saturated heterocycles. The van der Waals surface area contributed by atoms with Gasteiger partial charge in [-0.2, -0.15) is 0 Å². The van der Waals surface area contributed by atoms with E-state index in [4.69, 9.17) is 17.0 Å². The van der Waals surface area contributed by atoms with E-state index in [0.717, 1.165) is 34.3 Å². The molecule has 0 amide bonds. The lowest BCUT2D eigenvalue weighted by atomic mass is 9.53. The molecule has 0 radical (unpaired) electrons. The van der Waals surface area contributed by atoms with Gasteiger partial charge in [-0.15, -0.1) is 0 Å². The van der Waals surface area contributed by atoms with Crippen LogP contribution in [0.2, 0.25) is 0 Å². The van der Waals surface area contributed by atoms with Gasteiger partial charge in [0.2, 0.25) is 0 Å². The zero-order chi connectivity index (χ0) is 16.0. The summed E-state index contributed by atoms with van der Waals surface area (Å²) < 4.78 is 5.45. The van der Waals surface area contributed by atoms with E-state index in [9.17, 15) is 0 Å². The molecule has 1 aromatic carbocycles. The molecule has 4 fully saturated rings. The van der Waals surface area contributed by atoms with Gasteiger partial charge in [0, 0.05) is 5.54 Å². The Labute approximate surface area is 144 Å². The average molecular weight is 330 g/mol. The second-order valence-corrected chi connectivity index (χ2v) is 8.39. The third-order valence-electron chi connectivity index (χ3n) is 6.02. The minimum Gasteiger partial charge on any atom is -0.495 e. The average Bonchev–Trinajstić information content (AvgIpc) is 2.45. The fourth-order valence-electron chi connectivity index (χ4n) is 5.58. The highest BCUT2D eigenvalue weighted by Crippen LogP contribution is 2.55. The Bertz CT molecular complexity index is 593. The number of rotatable bonds is 3. The fraction of sp³-hybridized carbons (Fsp3) is 0.632. The first-order chi connectivity index (χ1) is 11.0. The maximum absolute atomic E-state index is 5.64.